The first kappa shape index (κ1) is 42.3. The number of carbonyl (C=O) groups excluding carboxylic acids is 4. The van der Waals surface area contributed by atoms with Crippen molar-refractivity contribution < 1.29 is 56.7 Å². The van der Waals surface area contributed by atoms with Crippen LogP contribution in [0.25, 0.3) is 0 Å². The molecular formula is C30H56CdN2O6. The molecule has 0 bridgehead atoms. The Morgan fingerprint density at radius 2 is 0.692 bits per heavy atom. The maximum Gasteiger partial charge on any atom is 2.00 e. The second-order valence-electron chi connectivity index (χ2n) is 10.4. The zero-order chi connectivity index (χ0) is 29.0. The van der Waals surface area contributed by atoms with E-state index < -0.39 is 11.9 Å². The maximum absolute atomic E-state index is 11.5. The summed E-state index contributed by atoms with van der Waals surface area (Å²) in [6.45, 7) is 3.81. The molecule has 224 valence electrons. The third-order valence-corrected chi connectivity index (χ3v) is 6.57. The summed E-state index contributed by atoms with van der Waals surface area (Å²) < 4.78 is 0. The zero-order valence-corrected chi connectivity index (χ0v) is 29.6. The SMILES string of the molecule is CCCCCCCCCCCC(=O)N(C)CC(=O)[O-].CCCCCCCCCCCC(=O)N(C)CC(=O)[O-].[Cd+2]. The summed E-state index contributed by atoms with van der Waals surface area (Å²) in [7, 11) is 3.01. The van der Waals surface area contributed by atoms with Crippen LogP contribution in [0.5, 0.6) is 0 Å². The fourth-order valence-electron chi connectivity index (χ4n) is 4.12. The molecule has 0 aromatic heterocycles. The Hall–Kier alpha value is -1.20. The van der Waals surface area contributed by atoms with Crippen LogP contribution in [0.3, 0.4) is 0 Å². The third kappa shape index (κ3) is 32.9. The van der Waals surface area contributed by atoms with Crippen molar-refractivity contribution in [1.29, 1.82) is 0 Å². The molecule has 8 nitrogen and oxygen atoms in total. The van der Waals surface area contributed by atoms with E-state index >= 15 is 0 Å². The number of amides is 2. The van der Waals surface area contributed by atoms with Crippen LogP contribution in [0.1, 0.15) is 142 Å². The normalized spacial score (nSPS) is 10.2. The first-order chi connectivity index (χ1) is 18.1. The van der Waals surface area contributed by atoms with Crippen molar-refractivity contribution in [3.8, 4) is 0 Å². The number of unbranched alkanes of at least 4 members (excludes halogenated alkanes) is 16. The molecular weight excluding hydrogens is 597 g/mol. The molecule has 0 aliphatic heterocycles. The molecule has 0 aromatic carbocycles. The minimum Gasteiger partial charge on any atom is -0.548 e. The summed E-state index contributed by atoms with van der Waals surface area (Å²) in [4.78, 5) is 46.2. The van der Waals surface area contributed by atoms with Gasteiger partial charge in [-0.25, -0.2) is 0 Å². The number of hydrogen-bond acceptors (Lipinski definition) is 6. The van der Waals surface area contributed by atoms with Crippen molar-refractivity contribution in [3.63, 3.8) is 0 Å². The van der Waals surface area contributed by atoms with Crippen LogP contribution in [0.2, 0.25) is 0 Å². The Balaban J connectivity index is -0.000000648. The van der Waals surface area contributed by atoms with E-state index in [0.717, 1.165) is 25.7 Å². The molecule has 0 atom stereocenters. The monoisotopic (exact) mass is 654 g/mol. The van der Waals surface area contributed by atoms with Crippen molar-refractivity contribution in [1.82, 2.24) is 9.80 Å². The zero-order valence-electron chi connectivity index (χ0n) is 25.6. The Morgan fingerprint density at radius 3 is 0.923 bits per heavy atom. The minimum atomic E-state index is -1.21. The summed E-state index contributed by atoms with van der Waals surface area (Å²) >= 11 is 0. The van der Waals surface area contributed by atoms with E-state index in [1.807, 2.05) is 0 Å². The predicted octanol–water partition coefficient (Wildman–Crippen LogP) is 4.23. The number of rotatable bonds is 24. The third-order valence-electron chi connectivity index (χ3n) is 6.57. The van der Waals surface area contributed by atoms with Crippen molar-refractivity contribution in [2.75, 3.05) is 27.2 Å². The summed E-state index contributed by atoms with van der Waals surface area (Å²) in [5.41, 5.74) is 0. The van der Waals surface area contributed by atoms with Crippen molar-refractivity contribution in [2.24, 2.45) is 0 Å². The van der Waals surface area contributed by atoms with Gasteiger partial charge in [-0.3, -0.25) is 9.59 Å². The molecule has 0 aromatic rings. The quantitative estimate of drug-likeness (QED) is 0.114. The molecule has 0 rings (SSSR count). The van der Waals surface area contributed by atoms with Gasteiger partial charge in [0.25, 0.3) is 0 Å². The van der Waals surface area contributed by atoms with Crippen LogP contribution >= 0.6 is 0 Å². The Bertz CT molecular complexity index is 566. The van der Waals surface area contributed by atoms with E-state index in [1.165, 1.54) is 114 Å². The van der Waals surface area contributed by atoms with Gasteiger partial charge in [-0.1, -0.05) is 117 Å². The molecule has 0 heterocycles. The van der Waals surface area contributed by atoms with Gasteiger partial charge in [0.1, 0.15) is 0 Å². The van der Waals surface area contributed by atoms with E-state index in [9.17, 15) is 29.4 Å². The van der Waals surface area contributed by atoms with Gasteiger partial charge in [-0.2, -0.15) is 0 Å². The van der Waals surface area contributed by atoms with Gasteiger partial charge in [0.05, 0.1) is 25.0 Å². The average Bonchev–Trinajstić information content (AvgIpc) is 2.86. The number of likely N-dealkylation sites (N-methyl/N-ethyl adjacent to an activating group) is 2. The van der Waals surface area contributed by atoms with Crippen LogP contribution in [0.15, 0.2) is 0 Å². The van der Waals surface area contributed by atoms with E-state index in [4.69, 9.17) is 0 Å². The van der Waals surface area contributed by atoms with Crippen LogP contribution in [0.4, 0.5) is 0 Å². The Labute approximate surface area is 258 Å². The van der Waals surface area contributed by atoms with Gasteiger partial charge < -0.3 is 29.6 Å². The minimum absolute atomic E-state index is 0. The van der Waals surface area contributed by atoms with Crippen molar-refractivity contribution >= 4 is 23.8 Å². The van der Waals surface area contributed by atoms with Gasteiger partial charge in [-0.15, -0.1) is 0 Å². The first-order valence-corrected chi connectivity index (χ1v) is 15.0. The molecule has 0 unspecified atom stereocenters. The summed E-state index contributed by atoms with van der Waals surface area (Å²) in [5.74, 6) is -2.62. The van der Waals surface area contributed by atoms with E-state index in [-0.39, 0.29) is 52.2 Å². The number of nitrogens with zero attached hydrogens (tertiary/aromatic N) is 2. The predicted molar refractivity (Wildman–Crippen MR) is 149 cm³/mol. The molecule has 2 amide bonds. The molecule has 0 aliphatic rings. The number of aliphatic carboxylic acids is 2. The second kappa shape index (κ2) is 31.3. The standard InChI is InChI=1S/2C15H29NO3.Cd/c2*1-3-4-5-6-7-8-9-10-11-12-14(17)16(2)13-15(18)19;/h2*3-13H2,1-2H3,(H,18,19);/q;;+2/p-2. The van der Waals surface area contributed by atoms with Crippen LogP contribution in [-0.4, -0.2) is 60.7 Å². The Kier molecular flexibility index (Phi) is 34.0. The number of carbonyl (C=O) groups is 4. The molecule has 0 saturated heterocycles. The van der Waals surface area contributed by atoms with Gasteiger partial charge in [0.15, 0.2) is 0 Å². The summed E-state index contributed by atoms with van der Waals surface area (Å²) in [6, 6.07) is 0. The second-order valence-corrected chi connectivity index (χ2v) is 10.4. The van der Waals surface area contributed by atoms with Crippen LogP contribution in [0, 0.1) is 0 Å². The number of carboxylic acid groups (broad SMARTS) is 2. The molecule has 9 heteroatoms. The fraction of sp³-hybridized carbons (Fsp3) is 0.867. The van der Waals surface area contributed by atoms with E-state index in [2.05, 4.69) is 13.8 Å². The van der Waals surface area contributed by atoms with Crippen LogP contribution in [-0.2, 0) is 46.5 Å². The molecule has 0 aliphatic carbocycles. The average molecular weight is 653 g/mol. The topological polar surface area (TPSA) is 121 Å². The van der Waals surface area contributed by atoms with Crippen molar-refractivity contribution in [2.45, 2.75) is 142 Å². The number of hydrogen-bond donors (Lipinski definition) is 0. The Morgan fingerprint density at radius 1 is 0.462 bits per heavy atom. The summed E-state index contributed by atoms with van der Waals surface area (Å²) in [6.07, 6.45) is 22.6. The largest absolute Gasteiger partial charge is 2.00 e. The molecule has 0 radical (unpaired) electrons. The summed E-state index contributed by atoms with van der Waals surface area (Å²) in [5, 5.41) is 20.7. The molecule has 0 N–H and O–H groups in total. The smallest absolute Gasteiger partial charge is 0.548 e. The first-order valence-electron chi connectivity index (χ1n) is 15.0. The van der Waals surface area contributed by atoms with Gasteiger partial charge in [-0.05, 0) is 12.8 Å². The molecule has 0 spiro atoms. The molecule has 0 saturated carbocycles. The van der Waals surface area contributed by atoms with Gasteiger partial charge >= 0.3 is 27.3 Å². The molecule has 39 heavy (non-hydrogen) atoms. The van der Waals surface area contributed by atoms with Crippen molar-refractivity contribution in [3.05, 3.63) is 0 Å². The maximum atomic E-state index is 11.5. The van der Waals surface area contributed by atoms with Gasteiger partial charge in [0.2, 0.25) is 11.8 Å². The van der Waals surface area contributed by atoms with E-state index in [0.29, 0.717) is 12.8 Å². The fourth-order valence-corrected chi connectivity index (χ4v) is 4.12. The van der Waals surface area contributed by atoms with E-state index in [1.54, 1.807) is 0 Å². The van der Waals surface area contributed by atoms with Crippen LogP contribution < -0.4 is 10.2 Å². The molecule has 0 fully saturated rings. The van der Waals surface area contributed by atoms with Gasteiger partial charge in [0, 0.05) is 26.9 Å². The number of carboxylic acids is 2.